The van der Waals surface area contributed by atoms with Crippen molar-refractivity contribution in [2.75, 3.05) is 5.73 Å². The first-order chi connectivity index (χ1) is 7.16. The summed E-state index contributed by atoms with van der Waals surface area (Å²) >= 11 is 3.49. The lowest BCUT2D eigenvalue weighted by molar-refractivity contribution is 0.647. The van der Waals surface area contributed by atoms with Crippen molar-refractivity contribution >= 4 is 21.7 Å². The number of anilines is 1. The predicted octanol–water partition coefficient (Wildman–Crippen LogP) is 1.98. The molecule has 1 aromatic heterocycles. The Balaban J connectivity index is 2.28. The second kappa shape index (κ2) is 4.02. The Labute approximate surface area is 96.2 Å². The zero-order valence-electron chi connectivity index (χ0n) is 8.31. The minimum atomic E-state index is 0.447. The molecule has 0 aliphatic heterocycles. The molecule has 0 fully saturated rings. The first-order valence-electron chi connectivity index (χ1n) is 4.56. The van der Waals surface area contributed by atoms with E-state index in [1.165, 1.54) is 11.1 Å². The van der Waals surface area contributed by atoms with Crippen LogP contribution in [0.15, 0.2) is 28.9 Å². The van der Waals surface area contributed by atoms with Gasteiger partial charge in [-0.25, -0.2) is 4.68 Å². The summed E-state index contributed by atoms with van der Waals surface area (Å²) in [6.07, 6.45) is 1.72. The van der Waals surface area contributed by atoms with Crippen LogP contribution >= 0.6 is 15.9 Å². The van der Waals surface area contributed by atoms with Gasteiger partial charge in [0.25, 0.3) is 0 Å². The molecule has 2 rings (SSSR count). The van der Waals surface area contributed by atoms with E-state index in [0.29, 0.717) is 12.4 Å². The molecule has 2 N–H and O–H groups in total. The average molecular weight is 267 g/mol. The lowest BCUT2D eigenvalue weighted by atomic mass is 10.1. The van der Waals surface area contributed by atoms with Crippen LogP contribution in [0.4, 0.5) is 5.82 Å². The van der Waals surface area contributed by atoms with Gasteiger partial charge in [0.2, 0.25) is 0 Å². The van der Waals surface area contributed by atoms with Crippen LogP contribution in [0.2, 0.25) is 0 Å². The van der Waals surface area contributed by atoms with Crippen molar-refractivity contribution in [3.05, 3.63) is 40.0 Å². The number of hydrogen-bond acceptors (Lipinski definition) is 3. The third-order valence-corrected chi connectivity index (χ3v) is 3.13. The Morgan fingerprint density at radius 1 is 1.47 bits per heavy atom. The number of halogens is 1. The van der Waals surface area contributed by atoms with Gasteiger partial charge in [-0.05, 0) is 24.1 Å². The van der Waals surface area contributed by atoms with Crippen LogP contribution < -0.4 is 5.73 Å². The molecule has 1 aromatic carbocycles. The second-order valence-corrected chi connectivity index (χ2v) is 4.22. The van der Waals surface area contributed by atoms with Crippen molar-refractivity contribution in [1.82, 2.24) is 15.0 Å². The van der Waals surface area contributed by atoms with E-state index in [0.717, 1.165) is 4.47 Å². The molecule has 0 radical (unpaired) electrons. The lowest BCUT2D eigenvalue weighted by Gasteiger charge is -2.06. The van der Waals surface area contributed by atoms with Crippen LogP contribution in [0, 0.1) is 6.92 Å². The van der Waals surface area contributed by atoms with Crippen LogP contribution in [0.1, 0.15) is 11.1 Å². The Hall–Kier alpha value is -1.36. The van der Waals surface area contributed by atoms with Gasteiger partial charge in [-0.2, -0.15) is 0 Å². The number of nitrogen functional groups attached to an aromatic ring is 1. The zero-order chi connectivity index (χ0) is 10.8. The molecule has 0 spiro atoms. The van der Waals surface area contributed by atoms with Gasteiger partial charge < -0.3 is 5.73 Å². The van der Waals surface area contributed by atoms with Crippen molar-refractivity contribution in [3.63, 3.8) is 0 Å². The fourth-order valence-electron chi connectivity index (χ4n) is 1.39. The van der Waals surface area contributed by atoms with Crippen molar-refractivity contribution in [3.8, 4) is 0 Å². The fourth-order valence-corrected chi connectivity index (χ4v) is 1.80. The van der Waals surface area contributed by atoms with Crippen LogP contribution in [0.25, 0.3) is 0 Å². The third kappa shape index (κ3) is 2.18. The standard InChI is InChI=1S/C10H11BrN4/c1-7-8(3-2-4-9(7)11)5-15-6-10(12)13-14-15/h2-4,6H,5,12H2,1H3. The van der Waals surface area contributed by atoms with Gasteiger partial charge in [-0.15, -0.1) is 5.10 Å². The number of hydrogen-bond donors (Lipinski definition) is 1. The first-order valence-corrected chi connectivity index (χ1v) is 5.35. The Kier molecular flexibility index (Phi) is 2.73. The van der Waals surface area contributed by atoms with E-state index in [1.807, 2.05) is 12.1 Å². The van der Waals surface area contributed by atoms with Gasteiger partial charge in [-0.1, -0.05) is 33.3 Å². The molecule has 4 nitrogen and oxygen atoms in total. The highest BCUT2D eigenvalue weighted by atomic mass is 79.9. The lowest BCUT2D eigenvalue weighted by Crippen LogP contribution is -2.02. The highest BCUT2D eigenvalue weighted by Gasteiger charge is 2.03. The van der Waals surface area contributed by atoms with Gasteiger partial charge >= 0.3 is 0 Å². The van der Waals surface area contributed by atoms with E-state index in [9.17, 15) is 0 Å². The Morgan fingerprint density at radius 2 is 2.27 bits per heavy atom. The number of benzene rings is 1. The molecule has 15 heavy (non-hydrogen) atoms. The largest absolute Gasteiger partial charge is 0.381 e. The first kappa shape index (κ1) is 10.2. The molecule has 1 heterocycles. The minimum absolute atomic E-state index is 0.447. The van der Waals surface area contributed by atoms with Gasteiger partial charge in [0.1, 0.15) is 0 Å². The molecule has 0 bridgehead atoms. The molecule has 0 saturated heterocycles. The molecule has 0 amide bonds. The molecule has 0 unspecified atom stereocenters. The van der Waals surface area contributed by atoms with Crippen molar-refractivity contribution in [1.29, 1.82) is 0 Å². The maximum Gasteiger partial charge on any atom is 0.165 e. The van der Waals surface area contributed by atoms with E-state index in [4.69, 9.17) is 5.73 Å². The van der Waals surface area contributed by atoms with Crippen molar-refractivity contribution in [2.24, 2.45) is 0 Å². The maximum absolute atomic E-state index is 5.50. The summed E-state index contributed by atoms with van der Waals surface area (Å²) in [4.78, 5) is 0. The highest BCUT2D eigenvalue weighted by molar-refractivity contribution is 9.10. The summed E-state index contributed by atoms with van der Waals surface area (Å²) in [5, 5.41) is 7.65. The van der Waals surface area contributed by atoms with Crippen LogP contribution in [0.5, 0.6) is 0 Å². The van der Waals surface area contributed by atoms with Gasteiger partial charge in [0, 0.05) is 4.47 Å². The van der Waals surface area contributed by atoms with E-state index >= 15 is 0 Å². The third-order valence-electron chi connectivity index (χ3n) is 2.27. The van der Waals surface area contributed by atoms with Crippen LogP contribution in [-0.4, -0.2) is 15.0 Å². The maximum atomic E-state index is 5.50. The summed E-state index contributed by atoms with van der Waals surface area (Å²) in [6, 6.07) is 6.10. The van der Waals surface area contributed by atoms with E-state index in [-0.39, 0.29) is 0 Å². The van der Waals surface area contributed by atoms with Gasteiger partial charge in [-0.3, -0.25) is 0 Å². The van der Waals surface area contributed by atoms with Gasteiger partial charge in [0.05, 0.1) is 12.7 Å². The van der Waals surface area contributed by atoms with E-state index in [1.54, 1.807) is 10.9 Å². The summed E-state index contributed by atoms with van der Waals surface area (Å²) in [6.45, 7) is 2.76. The smallest absolute Gasteiger partial charge is 0.165 e. The van der Waals surface area contributed by atoms with Crippen LogP contribution in [0.3, 0.4) is 0 Å². The quantitative estimate of drug-likeness (QED) is 0.905. The predicted molar refractivity (Wildman–Crippen MR) is 62.4 cm³/mol. The molecule has 2 aromatic rings. The zero-order valence-corrected chi connectivity index (χ0v) is 9.90. The number of nitrogens with zero attached hydrogens (tertiary/aromatic N) is 3. The van der Waals surface area contributed by atoms with E-state index in [2.05, 4.69) is 39.2 Å². The Bertz CT molecular complexity index is 478. The topological polar surface area (TPSA) is 56.7 Å². The Morgan fingerprint density at radius 3 is 2.93 bits per heavy atom. The monoisotopic (exact) mass is 266 g/mol. The summed E-state index contributed by atoms with van der Waals surface area (Å²) in [5.41, 5.74) is 7.91. The summed E-state index contributed by atoms with van der Waals surface area (Å²) in [5.74, 6) is 0.447. The number of aromatic nitrogens is 3. The molecule has 5 heteroatoms. The van der Waals surface area contributed by atoms with Gasteiger partial charge in [0.15, 0.2) is 5.82 Å². The molecule has 0 aliphatic rings. The second-order valence-electron chi connectivity index (χ2n) is 3.36. The van der Waals surface area contributed by atoms with Crippen molar-refractivity contribution < 1.29 is 0 Å². The SMILES string of the molecule is Cc1c(Br)cccc1Cn1cc(N)nn1. The molecular weight excluding hydrogens is 256 g/mol. The van der Waals surface area contributed by atoms with E-state index < -0.39 is 0 Å². The molecule has 78 valence electrons. The normalized spacial score (nSPS) is 10.5. The number of nitrogens with two attached hydrogens (primary N) is 1. The highest BCUT2D eigenvalue weighted by Crippen LogP contribution is 2.19. The molecule has 0 saturated carbocycles. The molecule has 0 aliphatic carbocycles. The number of rotatable bonds is 2. The summed E-state index contributed by atoms with van der Waals surface area (Å²) in [7, 11) is 0. The minimum Gasteiger partial charge on any atom is -0.381 e. The fraction of sp³-hybridized carbons (Fsp3) is 0.200. The summed E-state index contributed by atoms with van der Waals surface area (Å²) < 4.78 is 2.83. The molecular formula is C10H11BrN4. The average Bonchev–Trinajstić information content (AvgIpc) is 2.59. The van der Waals surface area contributed by atoms with Crippen molar-refractivity contribution in [2.45, 2.75) is 13.5 Å². The van der Waals surface area contributed by atoms with Crippen LogP contribution in [-0.2, 0) is 6.54 Å². The molecule has 0 atom stereocenters.